The number of rotatable bonds is 2. The van der Waals surface area contributed by atoms with Gasteiger partial charge in [-0.15, -0.1) is 0 Å². The van der Waals surface area contributed by atoms with Crippen molar-refractivity contribution in [3.05, 3.63) is 23.8 Å². The van der Waals surface area contributed by atoms with E-state index in [0.29, 0.717) is 5.54 Å². The van der Waals surface area contributed by atoms with Gasteiger partial charge in [-0.3, -0.25) is 4.90 Å². The molecule has 4 heteroatoms. The summed E-state index contributed by atoms with van der Waals surface area (Å²) in [6, 6.07) is 5.18. The van der Waals surface area contributed by atoms with Gasteiger partial charge in [0.05, 0.1) is 0 Å². The van der Waals surface area contributed by atoms with Crippen LogP contribution in [0.2, 0.25) is 0 Å². The first-order valence-corrected chi connectivity index (χ1v) is 7.66. The summed E-state index contributed by atoms with van der Waals surface area (Å²) in [5.41, 5.74) is 1.37. The number of hydrogen-bond donors (Lipinski definition) is 3. The first kappa shape index (κ1) is 13.7. The fraction of sp³-hybridized carbons (Fsp3) is 0.625. The summed E-state index contributed by atoms with van der Waals surface area (Å²) < 4.78 is 0. The van der Waals surface area contributed by atoms with E-state index in [0.717, 1.165) is 31.7 Å². The Morgan fingerprint density at radius 3 is 2.65 bits per heavy atom. The van der Waals surface area contributed by atoms with E-state index in [1.54, 1.807) is 12.1 Å². The van der Waals surface area contributed by atoms with Gasteiger partial charge < -0.3 is 15.5 Å². The highest BCUT2D eigenvalue weighted by atomic mass is 16.3. The van der Waals surface area contributed by atoms with E-state index in [2.05, 4.69) is 10.2 Å². The zero-order valence-electron chi connectivity index (χ0n) is 11.9. The number of piperazine rings is 1. The molecule has 1 aromatic carbocycles. The fourth-order valence-electron chi connectivity index (χ4n) is 3.72. The van der Waals surface area contributed by atoms with Gasteiger partial charge in [-0.1, -0.05) is 25.3 Å². The van der Waals surface area contributed by atoms with Crippen LogP contribution in [0.3, 0.4) is 0 Å². The topological polar surface area (TPSA) is 55.7 Å². The summed E-state index contributed by atoms with van der Waals surface area (Å²) in [7, 11) is 0. The lowest BCUT2D eigenvalue weighted by atomic mass is 9.79. The SMILES string of the molecule is Oc1ccc(CN2CCNCC23CCCCC3)cc1O. The molecule has 3 N–H and O–H groups in total. The van der Waals surface area contributed by atoms with E-state index >= 15 is 0 Å². The molecule has 1 spiro atoms. The first-order valence-electron chi connectivity index (χ1n) is 7.66. The molecule has 1 saturated heterocycles. The molecule has 20 heavy (non-hydrogen) atoms. The third-order valence-corrected chi connectivity index (χ3v) is 4.88. The third-order valence-electron chi connectivity index (χ3n) is 4.88. The van der Waals surface area contributed by atoms with Crippen LogP contribution >= 0.6 is 0 Å². The van der Waals surface area contributed by atoms with Crippen LogP contribution in [0.5, 0.6) is 11.5 Å². The van der Waals surface area contributed by atoms with Gasteiger partial charge in [0.25, 0.3) is 0 Å². The largest absolute Gasteiger partial charge is 0.504 e. The first-order chi connectivity index (χ1) is 9.70. The molecule has 4 nitrogen and oxygen atoms in total. The zero-order valence-corrected chi connectivity index (χ0v) is 11.9. The highest BCUT2D eigenvalue weighted by Gasteiger charge is 2.39. The fourth-order valence-corrected chi connectivity index (χ4v) is 3.72. The Kier molecular flexibility index (Phi) is 3.85. The second-order valence-corrected chi connectivity index (χ2v) is 6.21. The number of hydrogen-bond acceptors (Lipinski definition) is 4. The molecule has 2 fully saturated rings. The number of nitrogens with zero attached hydrogens (tertiary/aromatic N) is 1. The standard InChI is InChI=1S/C16H24N2O2/c19-14-5-4-13(10-15(14)20)11-18-9-8-17-12-16(18)6-2-1-3-7-16/h4-5,10,17,19-20H,1-3,6-9,11-12H2. The van der Waals surface area contributed by atoms with Crippen molar-refractivity contribution in [2.75, 3.05) is 19.6 Å². The molecule has 1 aliphatic heterocycles. The molecule has 1 aliphatic carbocycles. The monoisotopic (exact) mass is 276 g/mol. The molecule has 2 aliphatic rings. The summed E-state index contributed by atoms with van der Waals surface area (Å²) in [6.07, 6.45) is 6.53. The third kappa shape index (κ3) is 2.63. The molecular weight excluding hydrogens is 252 g/mol. The molecule has 3 rings (SSSR count). The lowest BCUT2D eigenvalue weighted by Gasteiger charge is -2.50. The van der Waals surface area contributed by atoms with Crippen molar-refractivity contribution in [3.63, 3.8) is 0 Å². The predicted molar refractivity (Wildman–Crippen MR) is 78.9 cm³/mol. The molecule has 0 atom stereocenters. The van der Waals surface area contributed by atoms with Gasteiger partial charge in [-0.2, -0.15) is 0 Å². The molecule has 1 saturated carbocycles. The van der Waals surface area contributed by atoms with Crippen molar-refractivity contribution < 1.29 is 10.2 Å². The average molecular weight is 276 g/mol. The van der Waals surface area contributed by atoms with E-state index in [-0.39, 0.29) is 11.5 Å². The Bertz CT molecular complexity index is 461. The van der Waals surface area contributed by atoms with Gasteiger partial charge in [0.2, 0.25) is 0 Å². The van der Waals surface area contributed by atoms with Crippen molar-refractivity contribution in [1.29, 1.82) is 0 Å². The maximum atomic E-state index is 9.65. The van der Waals surface area contributed by atoms with Crippen LogP contribution in [0.15, 0.2) is 18.2 Å². The van der Waals surface area contributed by atoms with Gasteiger partial charge in [0, 0.05) is 31.7 Å². The molecule has 0 radical (unpaired) electrons. The van der Waals surface area contributed by atoms with Crippen LogP contribution in [0, 0.1) is 0 Å². The van der Waals surface area contributed by atoms with Gasteiger partial charge >= 0.3 is 0 Å². The van der Waals surface area contributed by atoms with Gasteiger partial charge in [-0.25, -0.2) is 0 Å². The Labute approximate surface area is 120 Å². The highest BCUT2D eigenvalue weighted by molar-refractivity contribution is 5.40. The Balaban J connectivity index is 1.77. The summed E-state index contributed by atoms with van der Waals surface area (Å²) >= 11 is 0. The number of phenolic OH excluding ortho intramolecular Hbond substituents is 2. The second-order valence-electron chi connectivity index (χ2n) is 6.21. The Morgan fingerprint density at radius 1 is 1.10 bits per heavy atom. The van der Waals surface area contributed by atoms with E-state index < -0.39 is 0 Å². The van der Waals surface area contributed by atoms with Crippen molar-refractivity contribution in [2.45, 2.75) is 44.2 Å². The van der Waals surface area contributed by atoms with E-state index in [1.165, 1.54) is 32.1 Å². The van der Waals surface area contributed by atoms with Gasteiger partial charge in [-0.05, 0) is 30.5 Å². The molecular formula is C16H24N2O2. The van der Waals surface area contributed by atoms with Crippen LogP contribution < -0.4 is 5.32 Å². The van der Waals surface area contributed by atoms with Crippen molar-refractivity contribution in [3.8, 4) is 11.5 Å². The highest BCUT2D eigenvalue weighted by Crippen LogP contribution is 2.36. The molecule has 0 aromatic heterocycles. The lowest BCUT2D eigenvalue weighted by molar-refractivity contribution is 0.0208. The van der Waals surface area contributed by atoms with E-state index in [1.807, 2.05) is 6.07 Å². The predicted octanol–water partition coefficient (Wildman–Crippen LogP) is 2.21. The lowest BCUT2D eigenvalue weighted by Crippen LogP contribution is -2.61. The van der Waals surface area contributed by atoms with E-state index in [4.69, 9.17) is 0 Å². The van der Waals surface area contributed by atoms with Crippen molar-refractivity contribution in [1.82, 2.24) is 10.2 Å². The normalized spacial score (nSPS) is 23.0. The minimum Gasteiger partial charge on any atom is -0.504 e. The number of aromatic hydroxyl groups is 2. The minimum atomic E-state index is -0.0403. The van der Waals surface area contributed by atoms with Gasteiger partial charge in [0.1, 0.15) is 0 Å². The Hall–Kier alpha value is -1.26. The molecule has 0 bridgehead atoms. The zero-order chi connectivity index (χ0) is 14.0. The average Bonchev–Trinajstić information content (AvgIpc) is 2.47. The maximum Gasteiger partial charge on any atom is 0.157 e. The summed E-state index contributed by atoms with van der Waals surface area (Å²) in [6.45, 7) is 4.03. The quantitative estimate of drug-likeness (QED) is 0.725. The van der Waals surface area contributed by atoms with Crippen molar-refractivity contribution >= 4 is 0 Å². The van der Waals surface area contributed by atoms with E-state index in [9.17, 15) is 10.2 Å². The smallest absolute Gasteiger partial charge is 0.157 e. The molecule has 0 amide bonds. The minimum absolute atomic E-state index is 0.0182. The van der Waals surface area contributed by atoms with Gasteiger partial charge in [0.15, 0.2) is 11.5 Å². The van der Waals surface area contributed by atoms with Crippen molar-refractivity contribution in [2.24, 2.45) is 0 Å². The van der Waals surface area contributed by atoms with Crippen LogP contribution in [0.4, 0.5) is 0 Å². The Morgan fingerprint density at radius 2 is 1.90 bits per heavy atom. The number of benzene rings is 1. The summed E-state index contributed by atoms with van der Waals surface area (Å²) in [5, 5.41) is 22.6. The van der Waals surface area contributed by atoms with Crippen LogP contribution in [0.1, 0.15) is 37.7 Å². The summed E-state index contributed by atoms with van der Waals surface area (Å²) in [4.78, 5) is 2.58. The van der Waals surface area contributed by atoms with Crippen LogP contribution in [-0.2, 0) is 6.54 Å². The number of nitrogens with one attached hydrogen (secondary N) is 1. The van der Waals surface area contributed by atoms with Crippen LogP contribution in [0.25, 0.3) is 0 Å². The molecule has 110 valence electrons. The number of phenols is 2. The molecule has 1 aromatic rings. The second kappa shape index (κ2) is 5.62. The summed E-state index contributed by atoms with van der Waals surface area (Å²) in [5.74, 6) is -0.0585. The molecule has 1 heterocycles. The molecule has 0 unspecified atom stereocenters. The van der Waals surface area contributed by atoms with Crippen LogP contribution in [-0.4, -0.2) is 40.3 Å². The maximum absolute atomic E-state index is 9.65.